The predicted octanol–water partition coefficient (Wildman–Crippen LogP) is 4.06. The van der Waals surface area contributed by atoms with Crippen molar-refractivity contribution in [3.05, 3.63) is 52.3 Å². The quantitative estimate of drug-likeness (QED) is 0.307. The van der Waals surface area contributed by atoms with Crippen LogP contribution in [-0.2, 0) is 0 Å². The number of rotatable bonds is 10. The number of aliphatic hydroxyl groups is 1. The average Bonchev–Trinajstić information content (AvgIpc) is 2.75. The molecule has 2 aromatic rings. The topological polar surface area (TPSA) is 122 Å². The molecule has 168 valence electrons. The summed E-state index contributed by atoms with van der Waals surface area (Å²) in [5.41, 5.74) is 6.20. The van der Waals surface area contributed by atoms with E-state index in [9.17, 15) is 4.39 Å². The largest absolute Gasteiger partial charge is 0.490 e. The normalized spacial score (nSPS) is 11.7. The molecule has 0 aliphatic rings. The smallest absolute Gasteiger partial charge is 0.165 e. The minimum absolute atomic E-state index is 0.0692. The van der Waals surface area contributed by atoms with Gasteiger partial charge < -0.3 is 25.1 Å². The molecular formula is C21H25ClFN3O4S. The summed E-state index contributed by atoms with van der Waals surface area (Å²) < 4.78 is 30.7. The van der Waals surface area contributed by atoms with Gasteiger partial charge in [0.25, 0.3) is 0 Å². The van der Waals surface area contributed by atoms with E-state index in [1.807, 2.05) is 13.8 Å². The van der Waals surface area contributed by atoms with E-state index in [2.05, 4.69) is 0 Å². The first kappa shape index (κ1) is 24.9. The van der Waals surface area contributed by atoms with Crippen LogP contribution >= 0.6 is 23.4 Å². The molecule has 0 saturated heterocycles. The predicted molar refractivity (Wildman–Crippen MR) is 122 cm³/mol. The first-order valence-electron chi connectivity index (χ1n) is 9.54. The number of hydrogen-bond acceptors (Lipinski definition) is 8. The van der Waals surface area contributed by atoms with Gasteiger partial charge in [-0.25, -0.2) is 4.39 Å². The highest BCUT2D eigenvalue weighted by molar-refractivity contribution is 8.27. The van der Waals surface area contributed by atoms with Crippen molar-refractivity contribution in [1.29, 1.82) is 10.8 Å². The van der Waals surface area contributed by atoms with Crippen molar-refractivity contribution in [2.45, 2.75) is 19.9 Å². The maximum Gasteiger partial charge on any atom is 0.165 e. The Morgan fingerprint density at radius 3 is 2.39 bits per heavy atom. The van der Waals surface area contributed by atoms with Crippen LogP contribution in [0, 0.1) is 16.6 Å². The van der Waals surface area contributed by atoms with E-state index in [-0.39, 0.29) is 39.6 Å². The molecule has 0 saturated carbocycles. The Hall–Kier alpha value is -2.33. The van der Waals surface area contributed by atoms with Crippen molar-refractivity contribution >= 4 is 33.5 Å². The second kappa shape index (κ2) is 11.9. The highest BCUT2D eigenvalue weighted by Crippen LogP contribution is 2.32. The van der Waals surface area contributed by atoms with Crippen LogP contribution in [-0.4, -0.2) is 47.7 Å². The number of aliphatic hydroxyl groups excluding tert-OH is 1. The summed E-state index contributed by atoms with van der Waals surface area (Å²) in [5.74, 6) is 0.229. The molecule has 0 aromatic heterocycles. The molecule has 0 aliphatic carbocycles. The Labute approximate surface area is 189 Å². The molecular weight excluding hydrogens is 445 g/mol. The third-order valence-electron chi connectivity index (χ3n) is 3.96. The van der Waals surface area contributed by atoms with E-state index in [1.165, 1.54) is 6.07 Å². The summed E-state index contributed by atoms with van der Waals surface area (Å²) >= 11 is 7.04. The zero-order valence-electron chi connectivity index (χ0n) is 17.2. The van der Waals surface area contributed by atoms with Gasteiger partial charge in [0.2, 0.25) is 0 Å². The molecule has 0 spiro atoms. The first-order chi connectivity index (χ1) is 14.8. The van der Waals surface area contributed by atoms with Gasteiger partial charge in [-0.15, -0.1) is 0 Å². The summed E-state index contributed by atoms with van der Waals surface area (Å²) in [5, 5.41) is 25.6. The third-order valence-corrected chi connectivity index (χ3v) is 5.14. The third kappa shape index (κ3) is 6.83. The van der Waals surface area contributed by atoms with Gasteiger partial charge in [0.15, 0.2) is 23.1 Å². The minimum Gasteiger partial charge on any atom is -0.490 e. The molecule has 31 heavy (non-hydrogen) atoms. The van der Waals surface area contributed by atoms with E-state index < -0.39 is 11.9 Å². The molecule has 0 bridgehead atoms. The Morgan fingerprint density at radius 1 is 1.06 bits per heavy atom. The monoisotopic (exact) mass is 469 g/mol. The molecule has 10 heteroatoms. The number of ether oxygens (including phenoxy) is 3. The summed E-state index contributed by atoms with van der Waals surface area (Å²) in [6, 6.07) is 6.75. The van der Waals surface area contributed by atoms with Gasteiger partial charge in [0, 0.05) is 17.2 Å². The van der Waals surface area contributed by atoms with Crippen molar-refractivity contribution in [2.24, 2.45) is 5.73 Å². The van der Waals surface area contributed by atoms with E-state index in [4.69, 9.17) is 47.5 Å². The van der Waals surface area contributed by atoms with Crippen LogP contribution in [0.15, 0.2) is 30.3 Å². The highest BCUT2D eigenvalue weighted by Gasteiger charge is 2.18. The van der Waals surface area contributed by atoms with Crippen molar-refractivity contribution in [3.8, 4) is 17.2 Å². The second-order valence-corrected chi connectivity index (χ2v) is 7.73. The number of nitrogens with two attached hydrogens (primary N) is 1. The molecule has 5 N–H and O–H groups in total. The van der Waals surface area contributed by atoms with Gasteiger partial charge in [-0.05, 0) is 38.1 Å². The van der Waals surface area contributed by atoms with Crippen LogP contribution in [0.2, 0.25) is 5.02 Å². The Kier molecular flexibility index (Phi) is 9.57. The van der Waals surface area contributed by atoms with E-state index in [0.717, 1.165) is 17.8 Å². The van der Waals surface area contributed by atoms with Crippen LogP contribution in [0.3, 0.4) is 0 Å². The molecule has 2 aromatic carbocycles. The minimum atomic E-state index is -0.721. The number of hydrogen-bond donors (Lipinski definition) is 4. The fourth-order valence-electron chi connectivity index (χ4n) is 2.47. The molecule has 7 nitrogen and oxygen atoms in total. The van der Waals surface area contributed by atoms with Gasteiger partial charge in [-0.2, -0.15) is 0 Å². The van der Waals surface area contributed by atoms with Crippen molar-refractivity contribution < 1.29 is 23.7 Å². The van der Waals surface area contributed by atoms with Crippen LogP contribution in [0.5, 0.6) is 17.2 Å². The fourth-order valence-corrected chi connectivity index (χ4v) is 3.50. The number of halogens is 2. The van der Waals surface area contributed by atoms with Crippen molar-refractivity contribution in [2.75, 3.05) is 26.4 Å². The standard InChI is InChI=1S/C21H25ClFN3O4S/c1-3-28-17-6-5-12(7-19(17)29-4-2)20(25)31-21(26)14-8-16(23)18(9-15(14)22)30-11-13(24)10-27/h5-9,13,25-27H,3-4,10-11,24H2,1-2H3/t13-/m1/s1. The molecule has 2 rings (SSSR count). The van der Waals surface area contributed by atoms with Crippen molar-refractivity contribution in [1.82, 2.24) is 0 Å². The maximum atomic E-state index is 14.4. The van der Waals surface area contributed by atoms with E-state index >= 15 is 0 Å². The molecule has 1 atom stereocenters. The maximum absolute atomic E-state index is 14.4. The molecule has 0 amide bonds. The Morgan fingerprint density at radius 2 is 1.74 bits per heavy atom. The number of thioether (sulfide) groups is 1. The molecule has 0 aliphatic heterocycles. The van der Waals surface area contributed by atoms with Gasteiger partial charge in [0.05, 0.1) is 30.9 Å². The highest BCUT2D eigenvalue weighted by atomic mass is 35.5. The molecule has 0 radical (unpaired) electrons. The zero-order chi connectivity index (χ0) is 23.0. The van der Waals surface area contributed by atoms with Crippen LogP contribution in [0.4, 0.5) is 4.39 Å². The second-order valence-electron chi connectivity index (χ2n) is 6.30. The van der Waals surface area contributed by atoms with Gasteiger partial charge >= 0.3 is 0 Å². The fraction of sp³-hybridized carbons (Fsp3) is 0.333. The number of benzene rings is 2. The lowest BCUT2D eigenvalue weighted by Gasteiger charge is -2.14. The van der Waals surface area contributed by atoms with Crippen LogP contribution < -0.4 is 19.9 Å². The Bertz CT molecular complexity index is 945. The lowest BCUT2D eigenvalue weighted by atomic mass is 10.2. The summed E-state index contributed by atoms with van der Waals surface area (Å²) in [4.78, 5) is 0. The SMILES string of the molecule is CCOc1ccc(C(=N)SC(=N)c2cc(F)c(OC[C@H](N)CO)cc2Cl)cc1OCC. The lowest BCUT2D eigenvalue weighted by Crippen LogP contribution is -2.31. The molecule has 0 unspecified atom stereocenters. The average molecular weight is 470 g/mol. The van der Waals surface area contributed by atoms with Crippen molar-refractivity contribution in [3.63, 3.8) is 0 Å². The van der Waals surface area contributed by atoms with Crippen LogP contribution in [0.1, 0.15) is 25.0 Å². The first-order valence-corrected chi connectivity index (χ1v) is 10.7. The molecule has 0 heterocycles. The Balaban J connectivity index is 2.16. The summed E-state index contributed by atoms with van der Waals surface area (Å²) in [6.07, 6.45) is 0. The van der Waals surface area contributed by atoms with E-state index in [1.54, 1.807) is 18.2 Å². The molecule has 0 fully saturated rings. The summed E-state index contributed by atoms with van der Waals surface area (Å²) in [6.45, 7) is 4.24. The lowest BCUT2D eigenvalue weighted by molar-refractivity contribution is 0.202. The van der Waals surface area contributed by atoms with Crippen LogP contribution in [0.25, 0.3) is 0 Å². The van der Waals surface area contributed by atoms with Gasteiger partial charge in [-0.1, -0.05) is 23.4 Å². The van der Waals surface area contributed by atoms with Gasteiger partial charge in [0.1, 0.15) is 16.7 Å². The zero-order valence-corrected chi connectivity index (χ0v) is 18.8. The number of nitrogens with one attached hydrogen (secondary N) is 2. The van der Waals surface area contributed by atoms with E-state index in [0.29, 0.717) is 30.3 Å². The van der Waals surface area contributed by atoms with Gasteiger partial charge in [-0.3, -0.25) is 10.8 Å². The summed E-state index contributed by atoms with van der Waals surface area (Å²) in [7, 11) is 0.